The van der Waals surface area contributed by atoms with E-state index < -0.39 is 5.97 Å². The second kappa shape index (κ2) is 6.04. The first-order chi connectivity index (χ1) is 10.8. The molecule has 1 aliphatic rings. The quantitative estimate of drug-likeness (QED) is 0.826. The second-order valence-corrected chi connectivity index (χ2v) is 8.38. The maximum absolute atomic E-state index is 10.9. The summed E-state index contributed by atoms with van der Waals surface area (Å²) >= 11 is 1.74. The Morgan fingerprint density at radius 1 is 1.00 bits per heavy atom. The molecule has 0 radical (unpaired) electrons. The Kier molecular flexibility index (Phi) is 4.24. The van der Waals surface area contributed by atoms with Crippen molar-refractivity contribution in [1.82, 2.24) is 0 Å². The smallest absolute Gasteiger partial charge is 0.307 e. The molecule has 0 unspecified atom stereocenters. The van der Waals surface area contributed by atoms with Crippen molar-refractivity contribution in [2.24, 2.45) is 5.92 Å². The fraction of sp³-hybridized carbons (Fsp3) is 0.350. The second-order valence-electron chi connectivity index (χ2n) is 7.23. The average molecular weight is 326 g/mol. The summed E-state index contributed by atoms with van der Waals surface area (Å²) in [5, 5.41) is 9.01. The summed E-state index contributed by atoms with van der Waals surface area (Å²) in [6, 6.07) is 17.0. The monoisotopic (exact) mass is 326 g/mol. The molecule has 1 fully saturated rings. The number of aliphatic carboxylic acids is 1. The normalized spacial score (nSPS) is 20.3. The summed E-state index contributed by atoms with van der Waals surface area (Å²) in [4.78, 5) is 13.4. The molecule has 0 aliphatic heterocycles. The van der Waals surface area contributed by atoms with E-state index in [0.29, 0.717) is 0 Å². The minimum absolute atomic E-state index is 0.176. The fourth-order valence-corrected chi connectivity index (χ4v) is 3.59. The summed E-state index contributed by atoms with van der Waals surface area (Å²) in [7, 11) is 0. The van der Waals surface area contributed by atoms with Gasteiger partial charge in [0.2, 0.25) is 0 Å². The van der Waals surface area contributed by atoms with Crippen molar-refractivity contribution < 1.29 is 9.90 Å². The van der Waals surface area contributed by atoms with Crippen LogP contribution in [0.15, 0.2) is 58.3 Å². The van der Waals surface area contributed by atoms with Crippen molar-refractivity contribution in [1.29, 1.82) is 0 Å². The molecule has 1 aliphatic carbocycles. The Hall–Kier alpha value is -1.74. The Morgan fingerprint density at radius 2 is 1.52 bits per heavy atom. The van der Waals surface area contributed by atoms with Crippen LogP contribution in [0.2, 0.25) is 0 Å². The molecule has 3 heteroatoms. The molecule has 0 amide bonds. The zero-order chi connectivity index (χ0) is 16.6. The number of carboxylic acid groups (broad SMARTS) is 1. The first-order valence-corrected chi connectivity index (χ1v) is 8.77. The lowest BCUT2D eigenvalue weighted by Gasteiger charge is -2.19. The van der Waals surface area contributed by atoms with E-state index in [1.54, 1.807) is 11.8 Å². The zero-order valence-electron chi connectivity index (χ0n) is 13.7. The molecule has 2 aromatic rings. The first kappa shape index (κ1) is 16.1. The van der Waals surface area contributed by atoms with Gasteiger partial charge in [-0.1, -0.05) is 56.8 Å². The first-order valence-electron chi connectivity index (χ1n) is 7.96. The van der Waals surface area contributed by atoms with Crippen LogP contribution in [0.5, 0.6) is 0 Å². The van der Waals surface area contributed by atoms with Gasteiger partial charge < -0.3 is 5.11 Å². The van der Waals surface area contributed by atoms with Crippen LogP contribution in [0, 0.1) is 5.92 Å². The molecular weight excluding hydrogens is 304 g/mol. The van der Waals surface area contributed by atoms with Gasteiger partial charge in [0.25, 0.3) is 0 Å². The van der Waals surface area contributed by atoms with Crippen molar-refractivity contribution in [3.05, 3.63) is 59.7 Å². The van der Waals surface area contributed by atoms with Crippen molar-refractivity contribution in [3.63, 3.8) is 0 Å². The Bertz CT molecular complexity index is 696. The van der Waals surface area contributed by atoms with Gasteiger partial charge in [0.1, 0.15) is 0 Å². The Labute approximate surface area is 141 Å². The maximum atomic E-state index is 10.9. The van der Waals surface area contributed by atoms with Gasteiger partial charge in [-0.15, -0.1) is 0 Å². The van der Waals surface area contributed by atoms with E-state index in [9.17, 15) is 4.79 Å². The molecule has 2 aromatic carbocycles. The maximum Gasteiger partial charge on any atom is 0.307 e. The predicted molar refractivity (Wildman–Crippen MR) is 94.2 cm³/mol. The van der Waals surface area contributed by atoms with E-state index in [-0.39, 0.29) is 17.3 Å². The van der Waals surface area contributed by atoms with Crippen molar-refractivity contribution >= 4 is 17.7 Å². The third kappa shape index (κ3) is 3.78. The van der Waals surface area contributed by atoms with E-state index in [4.69, 9.17) is 5.11 Å². The molecule has 0 heterocycles. The third-order valence-electron chi connectivity index (χ3n) is 4.37. The van der Waals surface area contributed by atoms with E-state index in [2.05, 4.69) is 69.3 Å². The standard InChI is InChI=1S/C20H22O2S/c1-20(2,3)14-6-10-16(11-7-14)23-15-8-4-13(5-9-15)17-12-18(17)19(21)22/h4-11,17-18H,12H2,1-3H3,(H,21,22)/t17-,18+/m0/s1. The number of carbonyl (C=O) groups is 1. The van der Waals surface area contributed by atoms with Crippen molar-refractivity contribution in [2.45, 2.75) is 48.3 Å². The topological polar surface area (TPSA) is 37.3 Å². The van der Waals surface area contributed by atoms with Crippen LogP contribution in [0.3, 0.4) is 0 Å². The van der Waals surface area contributed by atoms with Gasteiger partial charge in [-0.2, -0.15) is 0 Å². The minimum atomic E-state index is -0.674. The predicted octanol–water partition coefficient (Wildman–Crippen LogP) is 5.32. The van der Waals surface area contributed by atoms with Gasteiger partial charge in [-0.05, 0) is 53.1 Å². The Balaban J connectivity index is 1.66. The van der Waals surface area contributed by atoms with Crippen LogP contribution >= 0.6 is 11.8 Å². The number of rotatable bonds is 4. The van der Waals surface area contributed by atoms with Crippen LogP contribution in [0.4, 0.5) is 0 Å². The van der Waals surface area contributed by atoms with Crippen LogP contribution in [-0.4, -0.2) is 11.1 Å². The molecule has 0 spiro atoms. The van der Waals surface area contributed by atoms with E-state index in [1.807, 2.05) is 0 Å². The van der Waals surface area contributed by atoms with Gasteiger partial charge in [0.15, 0.2) is 0 Å². The molecule has 0 bridgehead atoms. The summed E-state index contributed by atoms with van der Waals surface area (Å²) < 4.78 is 0. The molecule has 1 N–H and O–H groups in total. The average Bonchev–Trinajstić information content (AvgIpc) is 3.28. The fourth-order valence-electron chi connectivity index (χ4n) is 2.78. The van der Waals surface area contributed by atoms with Gasteiger partial charge in [0, 0.05) is 9.79 Å². The highest BCUT2D eigenvalue weighted by atomic mass is 32.2. The minimum Gasteiger partial charge on any atom is -0.481 e. The third-order valence-corrected chi connectivity index (χ3v) is 5.39. The number of benzene rings is 2. The van der Waals surface area contributed by atoms with E-state index in [0.717, 1.165) is 12.0 Å². The summed E-state index contributed by atoms with van der Waals surface area (Å²) in [6.45, 7) is 6.66. The van der Waals surface area contributed by atoms with Crippen LogP contribution in [0.25, 0.3) is 0 Å². The van der Waals surface area contributed by atoms with Crippen molar-refractivity contribution in [2.75, 3.05) is 0 Å². The molecule has 3 rings (SSSR count). The van der Waals surface area contributed by atoms with Crippen LogP contribution < -0.4 is 0 Å². The van der Waals surface area contributed by atoms with Crippen molar-refractivity contribution in [3.8, 4) is 0 Å². The van der Waals surface area contributed by atoms with Gasteiger partial charge in [-0.25, -0.2) is 0 Å². The molecule has 1 saturated carbocycles. The van der Waals surface area contributed by atoms with Gasteiger partial charge in [-0.3, -0.25) is 4.79 Å². The molecule has 23 heavy (non-hydrogen) atoms. The lowest BCUT2D eigenvalue weighted by Crippen LogP contribution is -2.10. The molecule has 0 aromatic heterocycles. The number of hydrogen-bond donors (Lipinski definition) is 1. The molecule has 2 nitrogen and oxygen atoms in total. The number of hydrogen-bond acceptors (Lipinski definition) is 2. The number of carboxylic acids is 1. The van der Waals surface area contributed by atoms with E-state index in [1.165, 1.54) is 15.4 Å². The Morgan fingerprint density at radius 3 is 1.96 bits per heavy atom. The highest BCUT2D eigenvalue weighted by Crippen LogP contribution is 2.47. The summed E-state index contributed by atoms with van der Waals surface area (Å²) in [5.41, 5.74) is 2.66. The summed E-state index contributed by atoms with van der Waals surface area (Å²) in [5.74, 6) is -0.650. The molecule has 120 valence electrons. The van der Waals surface area contributed by atoms with Gasteiger partial charge in [0.05, 0.1) is 5.92 Å². The highest BCUT2D eigenvalue weighted by Gasteiger charge is 2.43. The van der Waals surface area contributed by atoms with Crippen LogP contribution in [0.1, 0.15) is 44.2 Å². The lowest BCUT2D eigenvalue weighted by molar-refractivity contribution is -0.138. The zero-order valence-corrected chi connectivity index (χ0v) is 14.6. The van der Waals surface area contributed by atoms with E-state index >= 15 is 0 Å². The summed E-state index contributed by atoms with van der Waals surface area (Å²) in [6.07, 6.45) is 0.774. The lowest BCUT2D eigenvalue weighted by atomic mass is 9.87. The van der Waals surface area contributed by atoms with Crippen LogP contribution in [-0.2, 0) is 10.2 Å². The highest BCUT2D eigenvalue weighted by molar-refractivity contribution is 7.99. The molecular formula is C20H22O2S. The van der Waals surface area contributed by atoms with Gasteiger partial charge >= 0.3 is 5.97 Å². The largest absolute Gasteiger partial charge is 0.481 e. The SMILES string of the molecule is CC(C)(C)c1ccc(Sc2ccc([C@@H]3C[C@H]3C(=O)O)cc2)cc1. The molecule has 2 atom stereocenters. The molecule has 0 saturated heterocycles.